The third-order valence-electron chi connectivity index (χ3n) is 3.73. The van der Waals surface area contributed by atoms with E-state index in [9.17, 15) is 0 Å². The van der Waals surface area contributed by atoms with Crippen molar-refractivity contribution in [3.63, 3.8) is 0 Å². The molecule has 0 saturated carbocycles. The highest BCUT2D eigenvalue weighted by molar-refractivity contribution is 8.00. The fourth-order valence-corrected chi connectivity index (χ4v) is 4.22. The Labute approximate surface area is 119 Å². The molecule has 0 radical (unpaired) electrons. The highest BCUT2D eigenvalue weighted by Gasteiger charge is 2.26. The first-order chi connectivity index (χ1) is 9.38. The van der Waals surface area contributed by atoms with Crippen LogP contribution in [0.4, 0.5) is 0 Å². The summed E-state index contributed by atoms with van der Waals surface area (Å²) in [6.07, 6.45) is 4.71. The third kappa shape index (κ3) is 2.77. The molecule has 2 atom stereocenters. The summed E-state index contributed by atoms with van der Waals surface area (Å²) in [5.74, 6) is 1.30. The Morgan fingerprint density at radius 3 is 3.11 bits per heavy atom. The van der Waals surface area contributed by atoms with Crippen molar-refractivity contribution in [2.24, 2.45) is 0 Å². The van der Waals surface area contributed by atoms with Crippen molar-refractivity contribution in [3.8, 4) is 0 Å². The van der Waals surface area contributed by atoms with Gasteiger partial charge in [0.05, 0.1) is 5.52 Å². The van der Waals surface area contributed by atoms with Gasteiger partial charge >= 0.3 is 0 Å². The number of hydrogen-bond donors (Lipinski definition) is 1. The van der Waals surface area contributed by atoms with Crippen molar-refractivity contribution in [2.75, 3.05) is 12.3 Å². The van der Waals surface area contributed by atoms with E-state index in [2.05, 4.69) is 59.4 Å². The summed E-state index contributed by atoms with van der Waals surface area (Å²) in [5.41, 5.74) is 2.42. The molecule has 0 amide bonds. The van der Waals surface area contributed by atoms with E-state index in [1.807, 2.05) is 6.07 Å². The van der Waals surface area contributed by atoms with Crippen LogP contribution < -0.4 is 5.32 Å². The molecule has 2 nitrogen and oxygen atoms in total. The van der Waals surface area contributed by atoms with E-state index in [-0.39, 0.29) is 0 Å². The Balaban J connectivity index is 1.94. The van der Waals surface area contributed by atoms with Gasteiger partial charge < -0.3 is 5.32 Å². The van der Waals surface area contributed by atoms with E-state index in [1.165, 1.54) is 29.5 Å². The van der Waals surface area contributed by atoms with Gasteiger partial charge in [-0.2, -0.15) is 11.8 Å². The largest absolute Gasteiger partial charge is 0.309 e. The van der Waals surface area contributed by atoms with E-state index < -0.39 is 0 Å². The van der Waals surface area contributed by atoms with Crippen molar-refractivity contribution in [2.45, 2.75) is 31.1 Å². The molecule has 1 saturated heterocycles. The average molecular weight is 272 g/mol. The average Bonchev–Trinajstić information content (AvgIpc) is 2.98. The fraction of sp³-hybridized carbons (Fsp3) is 0.438. The Bertz CT molecular complexity index is 549. The summed E-state index contributed by atoms with van der Waals surface area (Å²) >= 11 is 2.10. The molecule has 19 heavy (non-hydrogen) atoms. The quantitative estimate of drug-likeness (QED) is 0.917. The SMILES string of the molecule is CCNC(c1cnc2ccccc2c1)C1CCCS1. The molecule has 1 aromatic heterocycles. The summed E-state index contributed by atoms with van der Waals surface area (Å²) < 4.78 is 0. The summed E-state index contributed by atoms with van der Waals surface area (Å²) in [6, 6.07) is 11.1. The lowest BCUT2D eigenvalue weighted by molar-refractivity contribution is 0.518. The minimum absolute atomic E-state index is 0.439. The number of fused-ring (bicyclic) bond motifs is 1. The van der Waals surface area contributed by atoms with Crippen LogP contribution in [0.25, 0.3) is 10.9 Å². The predicted molar refractivity (Wildman–Crippen MR) is 83.6 cm³/mol. The van der Waals surface area contributed by atoms with Gasteiger partial charge in [0, 0.05) is 22.9 Å². The molecule has 0 spiro atoms. The lowest BCUT2D eigenvalue weighted by Gasteiger charge is -2.24. The number of nitrogens with zero attached hydrogens (tertiary/aromatic N) is 1. The normalized spacial score (nSPS) is 20.8. The summed E-state index contributed by atoms with van der Waals surface area (Å²) in [5, 5.41) is 5.58. The predicted octanol–water partition coefficient (Wildman–Crippen LogP) is 3.78. The Morgan fingerprint density at radius 1 is 1.42 bits per heavy atom. The van der Waals surface area contributed by atoms with Crippen LogP contribution in [0.5, 0.6) is 0 Å². The minimum Gasteiger partial charge on any atom is -0.309 e. The van der Waals surface area contributed by atoms with Gasteiger partial charge in [0.1, 0.15) is 0 Å². The van der Waals surface area contributed by atoms with Gasteiger partial charge in [-0.15, -0.1) is 0 Å². The van der Waals surface area contributed by atoms with Gasteiger partial charge in [-0.25, -0.2) is 0 Å². The maximum Gasteiger partial charge on any atom is 0.0702 e. The van der Waals surface area contributed by atoms with E-state index in [0.29, 0.717) is 11.3 Å². The van der Waals surface area contributed by atoms with Crippen LogP contribution in [0.3, 0.4) is 0 Å². The van der Waals surface area contributed by atoms with Crippen molar-refractivity contribution in [3.05, 3.63) is 42.1 Å². The number of rotatable bonds is 4. The molecule has 1 N–H and O–H groups in total. The van der Waals surface area contributed by atoms with Gasteiger partial charge in [-0.3, -0.25) is 4.98 Å². The fourth-order valence-electron chi connectivity index (χ4n) is 2.81. The Morgan fingerprint density at radius 2 is 2.32 bits per heavy atom. The molecule has 0 aliphatic carbocycles. The van der Waals surface area contributed by atoms with E-state index in [0.717, 1.165) is 12.1 Å². The molecule has 2 heterocycles. The zero-order valence-electron chi connectivity index (χ0n) is 11.3. The zero-order chi connectivity index (χ0) is 13.1. The molecule has 1 fully saturated rings. The van der Waals surface area contributed by atoms with Crippen molar-refractivity contribution < 1.29 is 0 Å². The molecule has 100 valence electrons. The number of pyridine rings is 1. The molecular weight excluding hydrogens is 252 g/mol. The summed E-state index contributed by atoms with van der Waals surface area (Å²) in [4.78, 5) is 4.61. The molecular formula is C16H20N2S. The lowest BCUT2D eigenvalue weighted by atomic mass is 10.0. The molecule has 3 rings (SSSR count). The van der Waals surface area contributed by atoms with Gasteiger partial charge in [-0.1, -0.05) is 25.1 Å². The molecule has 3 heteroatoms. The topological polar surface area (TPSA) is 24.9 Å². The maximum atomic E-state index is 4.61. The number of para-hydroxylation sites is 1. The summed E-state index contributed by atoms with van der Waals surface area (Å²) in [6.45, 7) is 3.19. The first-order valence-electron chi connectivity index (χ1n) is 7.08. The van der Waals surface area contributed by atoms with Crippen molar-refractivity contribution in [1.29, 1.82) is 0 Å². The Hall–Kier alpha value is -1.06. The van der Waals surface area contributed by atoms with Gasteiger partial charge in [-0.05, 0) is 42.8 Å². The molecule has 2 aromatic rings. The van der Waals surface area contributed by atoms with Gasteiger partial charge in [0.2, 0.25) is 0 Å². The molecule has 0 bridgehead atoms. The monoisotopic (exact) mass is 272 g/mol. The highest BCUT2D eigenvalue weighted by atomic mass is 32.2. The van der Waals surface area contributed by atoms with Crippen molar-refractivity contribution >= 4 is 22.7 Å². The van der Waals surface area contributed by atoms with Crippen LogP contribution in [0.1, 0.15) is 31.4 Å². The smallest absolute Gasteiger partial charge is 0.0702 e. The third-order valence-corrected chi connectivity index (χ3v) is 5.19. The van der Waals surface area contributed by atoms with E-state index in [4.69, 9.17) is 0 Å². The first kappa shape index (κ1) is 12.9. The molecule has 1 aromatic carbocycles. The first-order valence-corrected chi connectivity index (χ1v) is 8.13. The summed E-state index contributed by atoms with van der Waals surface area (Å²) in [7, 11) is 0. The lowest BCUT2D eigenvalue weighted by Crippen LogP contribution is -2.28. The van der Waals surface area contributed by atoms with Crippen LogP contribution in [-0.2, 0) is 0 Å². The Kier molecular flexibility index (Phi) is 4.04. The molecule has 1 aliphatic heterocycles. The standard InChI is InChI=1S/C16H20N2S/c1-2-17-16(15-8-5-9-19-15)13-10-12-6-3-4-7-14(12)18-11-13/h3-4,6-7,10-11,15-17H,2,5,8-9H2,1H3. The van der Waals surface area contributed by atoms with Crippen molar-refractivity contribution in [1.82, 2.24) is 10.3 Å². The van der Waals surface area contributed by atoms with Crippen LogP contribution in [-0.4, -0.2) is 22.5 Å². The second kappa shape index (κ2) is 5.93. The van der Waals surface area contributed by atoms with Crippen LogP contribution in [0, 0.1) is 0 Å². The minimum atomic E-state index is 0.439. The van der Waals surface area contributed by atoms with Crippen LogP contribution in [0.2, 0.25) is 0 Å². The number of thioether (sulfide) groups is 1. The number of aromatic nitrogens is 1. The number of benzene rings is 1. The highest BCUT2D eigenvalue weighted by Crippen LogP contribution is 2.36. The second-order valence-corrected chi connectivity index (χ2v) is 6.40. The number of hydrogen-bond acceptors (Lipinski definition) is 3. The van der Waals surface area contributed by atoms with Gasteiger partial charge in [0.25, 0.3) is 0 Å². The van der Waals surface area contributed by atoms with E-state index >= 15 is 0 Å². The number of nitrogens with one attached hydrogen (secondary N) is 1. The zero-order valence-corrected chi connectivity index (χ0v) is 12.1. The second-order valence-electron chi connectivity index (χ2n) is 5.05. The maximum absolute atomic E-state index is 4.61. The molecule has 2 unspecified atom stereocenters. The van der Waals surface area contributed by atoms with E-state index in [1.54, 1.807) is 0 Å². The van der Waals surface area contributed by atoms with Crippen LogP contribution >= 0.6 is 11.8 Å². The van der Waals surface area contributed by atoms with Crippen LogP contribution in [0.15, 0.2) is 36.5 Å². The molecule has 1 aliphatic rings. The van der Waals surface area contributed by atoms with Gasteiger partial charge in [0.15, 0.2) is 0 Å².